The van der Waals surface area contributed by atoms with Gasteiger partial charge in [-0.15, -0.1) is 0 Å². The van der Waals surface area contributed by atoms with Gasteiger partial charge in [0.1, 0.15) is 5.82 Å². The summed E-state index contributed by atoms with van der Waals surface area (Å²) in [5.41, 5.74) is 8.76. The molecule has 0 amide bonds. The second-order valence-corrected chi connectivity index (χ2v) is 4.87. The first kappa shape index (κ1) is 14.8. The lowest BCUT2D eigenvalue weighted by Crippen LogP contribution is -2.06. The van der Waals surface area contributed by atoms with Gasteiger partial charge in [0.25, 0.3) is 0 Å². The zero-order valence-electron chi connectivity index (χ0n) is 12.6. The Bertz CT molecular complexity index is 842. The third-order valence-corrected chi connectivity index (χ3v) is 3.32. The summed E-state index contributed by atoms with van der Waals surface area (Å²) in [4.78, 5) is 15.9. The molecule has 2 aromatic heterocycles. The van der Waals surface area contributed by atoms with Gasteiger partial charge in [-0.2, -0.15) is 5.10 Å². The molecule has 0 bridgehead atoms. The Morgan fingerprint density at radius 2 is 2.09 bits per heavy atom. The molecular formula is C17H16N4O2. The molecule has 116 valence electrons. The molecule has 3 aromatic rings. The predicted molar refractivity (Wildman–Crippen MR) is 87.2 cm³/mol. The summed E-state index contributed by atoms with van der Waals surface area (Å²) in [6.45, 7) is 2.12. The average molecular weight is 308 g/mol. The molecule has 0 aliphatic carbocycles. The summed E-state index contributed by atoms with van der Waals surface area (Å²) in [7, 11) is 0. The van der Waals surface area contributed by atoms with Crippen LogP contribution >= 0.6 is 0 Å². The Morgan fingerprint density at radius 3 is 2.87 bits per heavy atom. The summed E-state index contributed by atoms with van der Waals surface area (Å²) < 4.78 is 6.79. The number of carbonyl (C=O) groups excluding carboxylic acids is 1. The fourth-order valence-corrected chi connectivity index (χ4v) is 2.31. The Morgan fingerprint density at radius 1 is 1.22 bits per heavy atom. The number of esters is 1. The van der Waals surface area contributed by atoms with Gasteiger partial charge in [0.05, 0.1) is 29.7 Å². The van der Waals surface area contributed by atoms with Crippen molar-refractivity contribution in [3.8, 4) is 16.9 Å². The first-order valence-electron chi connectivity index (χ1n) is 7.22. The molecule has 0 radical (unpaired) electrons. The number of ether oxygens (including phenoxy) is 1. The number of hydrogen-bond donors (Lipinski definition) is 1. The zero-order chi connectivity index (χ0) is 16.2. The highest BCUT2D eigenvalue weighted by molar-refractivity contribution is 5.90. The number of nitrogen functional groups attached to an aromatic ring is 1. The van der Waals surface area contributed by atoms with Crippen molar-refractivity contribution < 1.29 is 9.53 Å². The van der Waals surface area contributed by atoms with Gasteiger partial charge in [0.15, 0.2) is 0 Å². The van der Waals surface area contributed by atoms with Crippen LogP contribution in [0.4, 0.5) is 5.82 Å². The van der Waals surface area contributed by atoms with Gasteiger partial charge in [-0.1, -0.05) is 6.07 Å². The number of aromatic nitrogens is 3. The van der Waals surface area contributed by atoms with E-state index in [9.17, 15) is 4.79 Å². The SMILES string of the molecule is CCOC(=O)c1cccc(-n2nccc2-c2ccnc(N)c2)c1. The van der Waals surface area contributed by atoms with E-state index in [2.05, 4.69) is 10.1 Å². The van der Waals surface area contributed by atoms with Crippen LogP contribution in [-0.4, -0.2) is 27.3 Å². The van der Waals surface area contributed by atoms with Gasteiger partial charge in [0.2, 0.25) is 0 Å². The summed E-state index contributed by atoms with van der Waals surface area (Å²) in [5.74, 6) is 0.0896. The van der Waals surface area contributed by atoms with Gasteiger partial charge < -0.3 is 10.5 Å². The summed E-state index contributed by atoms with van der Waals surface area (Å²) in [5, 5.41) is 4.34. The van der Waals surface area contributed by atoms with Crippen molar-refractivity contribution >= 4 is 11.8 Å². The first-order chi connectivity index (χ1) is 11.2. The molecule has 0 unspecified atom stereocenters. The lowest BCUT2D eigenvalue weighted by Gasteiger charge is -2.09. The van der Waals surface area contributed by atoms with E-state index in [0.29, 0.717) is 18.0 Å². The maximum Gasteiger partial charge on any atom is 0.338 e. The Balaban J connectivity index is 2.02. The van der Waals surface area contributed by atoms with Crippen LogP contribution in [-0.2, 0) is 4.74 Å². The number of rotatable bonds is 4. The van der Waals surface area contributed by atoms with Crippen LogP contribution in [0.2, 0.25) is 0 Å². The average Bonchev–Trinajstić information content (AvgIpc) is 3.05. The second-order valence-electron chi connectivity index (χ2n) is 4.87. The third-order valence-electron chi connectivity index (χ3n) is 3.32. The molecule has 0 saturated carbocycles. The summed E-state index contributed by atoms with van der Waals surface area (Å²) >= 11 is 0. The molecule has 2 heterocycles. The number of carbonyl (C=O) groups is 1. The molecule has 0 atom stereocenters. The van der Waals surface area contributed by atoms with Crippen LogP contribution in [0.25, 0.3) is 16.9 Å². The Labute approximate surface area is 133 Å². The number of nitrogens with zero attached hydrogens (tertiary/aromatic N) is 3. The second kappa shape index (κ2) is 6.31. The molecule has 0 aliphatic rings. The fourth-order valence-electron chi connectivity index (χ4n) is 2.31. The molecule has 0 fully saturated rings. The lowest BCUT2D eigenvalue weighted by atomic mass is 10.1. The van der Waals surface area contributed by atoms with E-state index >= 15 is 0 Å². The number of anilines is 1. The quantitative estimate of drug-likeness (QED) is 0.749. The number of hydrogen-bond acceptors (Lipinski definition) is 5. The molecule has 0 spiro atoms. The highest BCUT2D eigenvalue weighted by Gasteiger charge is 2.11. The zero-order valence-corrected chi connectivity index (χ0v) is 12.6. The number of pyridine rings is 1. The van der Waals surface area contributed by atoms with Crippen LogP contribution in [0.15, 0.2) is 54.9 Å². The van der Waals surface area contributed by atoms with Crippen molar-refractivity contribution in [2.75, 3.05) is 12.3 Å². The topological polar surface area (TPSA) is 83.0 Å². The first-order valence-corrected chi connectivity index (χ1v) is 7.22. The van der Waals surface area contributed by atoms with E-state index in [-0.39, 0.29) is 5.97 Å². The minimum atomic E-state index is -0.351. The molecular weight excluding hydrogens is 292 g/mol. The Kier molecular flexibility index (Phi) is 4.05. The highest BCUT2D eigenvalue weighted by atomic mass is 16.5. The highest BCUT2D eigenvalue weighted by Crippen LogP contribution is 2.23. The van der Waals surface area contributed by atoms with Crippen LogP contribution in [0.3, 0.4) is 0 Å². The molecule has 1 aromatic carbocycles. The maximum absolute atomic E-state index is 11.9. The van der Waals surface area contributed by atoms with E-state index < -0.39 is 0 Å². The molecule has 23 heavy (non-hydrogen) atoms. The lowest BCUT2D eigenvalue weighted by molar-refractivity contribution is 0.0526. The Hall–Kier alpha value is -3.15. The van der Waals surface area contributed by atoms with Gasteiger partial charge in [-0.25, -0.2) is 14.5 Å². The predicted octanol–water partition coefficient (Wildman–Crippen LogP) is 2.69. The van der Waals surface area contributed by atoms with E-state index in [4.69, 9.17) is 10.5 Å². The van der Waals surface area contributed by atoms with Crippen molar-refractivity contribution in [2.24, 2.45) is 0 Å². The fraction of sp³-hybridized carbons (Fsp3) is 0.118. The minimum absolute atomic E-state index is 0.340. The molecule has 0 saturated heterocycles. The normalized spacial score (nSPS) is 10.5. The monoisotopic (exact) mass is 308 g/mol. The van der Waals surface area contributed by atoms with Crippen LogP contribution in [0, 0.1) is 0 Å². The van der Waals surface area contributed by atoms with Crippen molar-refractivity contribution in [3.63, 3.8) is 0 Å². The minimum Gasteiger partial charge on any atom is -0.462 e. The molecule has 2 N–H and O–H groups in total. The smallest absolute Gasteiger partial charge is 0.338 e. The van der Waals surface area contributed by atoms with E-state index in [1.165, 1.54) is 0 Å². The van der Waals surface area contributed by atoms with Gasteiger partial charge in [0, 0.05) is 11.8 Å². The molecule has 6 nitrogen and oxygen atoms in total. The number of nitrogens with two attached hydrogens (primary N) is 1. The van der Waals surface area contributed by atoms with Crippen molar-refractivity contribution in [1.29, 1.82) is 0 Å². The standard InChI is InChI=1S/C17H16N4O2/c1-2-23-17(22)13-4-3-5-14(10-13)21-15(7-9-20-21)12-6-8-19-16(18)11-12/h3-11H,2H2,1H3,(H2,18,19). The molecule has 0 aliphatic heterocycles. The van der Waals surface area contributed by atoms with Crippen molar-refractivity contribution in [1.82, 2.24) is 14.8 Å². The molecule has 3 rings (SSSR count). The largest absolute Gasteiger partial charge is 0.462 e. The van der Waals surface area contributed by atoms with Crippen molar-refractivity contribution in [3.05, 3.63) is 60.4 Å². The maximum atomic E-state index is 11.9. The van der Waals surface area contributed by atoms with Crippen LogP contribution in [0.1, 0.15) is 17.3 Å². The third kappa shape index (κ3) is 3.06. The van der Waals surface area contributed by atoms with Gasteiger partial charge in [-0.3, -0.25) is 0 Å². The number of benzene rings is 1. The van der Waals surface area contributed by atoms with E-state index in [1.807, 2.05) is 18.2 Å². The summed E-state index contributed by atoms with van der Waals surface area (Å²) in [6, 6.07) is 12.7. The van der Waals surface area contributed by atoms with E-state index in [0.717, 1.165) is 16.9 Å². The van der Waals surface area contributed by atoms with Gasteiger partial charge >= 0.3 is 5.97 Å². The van der Waals surface area contributed by atoms with Crippen LogP contribution < -0.4 is 5.73 Å². The van der Waals surface area contributed by atoms with Gasteiger partial charge in [-0.05, 0) is 43.3 Å². The summed E-state index contributed by atoms with van der Waals surface area (Å²) in [6.07, 6.45) is 3.35. The molecule has 6 heteroatoms. The van der Waals surface area contributed by atoms with Crippen molar-refractivity contribution in [2.45, 2.75) is 6.92 Å². The van der Waals surface area contributed by atoms with Crippen LogP contribution in [0.5, 0.6) is 0 Å². The van der Waals surface area contributed by atoms with E-state index in [1.54, 1.807) is 48.3 Å².